The van der Waals surface area contributed by atoms with Crippen LogP contribution in [0.25, 0.3) is 0 Å². The molecular weight excluding hydrogens is 206 g/mol. The van der Waals surface area contributed by atoms with Crippen LogP contribution >= 0.6 is 0 Å². The van der Waals surface area contributed by atoms with Gasteiger partial charge in [0, 0.05) is 13.1 Å². The molecule has 1 rings (SSSR count). The summed E-state index contributed by atoms with van der Waals surface area (Å²) in [5.74, 6) is -0.319. The highest BCUT2D eigenvalue weighted by Gasteiger charge is 2.21. The van der Waals surface area contributed by atoms with E-state index >= 15 is 0 Å². The fourth-order valence-corrected chi connectivity index (χ4v) is 1.61. The van der Waals surface area contributed by atoms with Crippen molar-refractivity contribution < 1.29 is 9.53 Å². The van der Waals surface area contributed by atoms with Crippen molar-refractivity contribution in [3.05, 3.63) is 11.4 Å². The minimum atomic E-state index is -0.319. The van der Waals surface area contributed by atoms with E-state index in [0.717, 1.165) is 17.9 Å². The minimum Gasteiger partial charge on any atom is -0.461 e. The summed E-state index contributed by atoms with van der Waals surface area (Å²) in [6.45, 7) is 9.39. The van der Waals surface area contributed by atoms with Gasteiger partial charge in [-0.05, 0) is 27.7 Å². The lowest BCUT2D eigenvalue weighted by atomic mass is 10.3. The normalized spacial score (nSPS) is 10.2. The van der Waals surface area contributed by atoms with Crippen LogP contribution in [0.4, 0.5) is 5.69 Å². The molecule has 0 aliphatic carbocycles. The number of aryl methyl sites for hydroxylation is 2. The Balaban J connectivity index is 3.15. The highest BCUT2D eigenvalue weighted by Crippen LogP contribution is 2.21. The highest BCUT2D eigenvalue weighted by atomic mass is 16.5. The van der Waals surface area contributed by atoms with Crippen LogP contribution in [0.1, 0.15) is 37.0 Å². The molecule has 1 aromatic rings. The summed E-state index contributed by atoms with van der Waals surface area (Å²) in [6.07, 6.45) is 0. The maximum atomic E-state index is 11.8. The number of carbonyl (C=O) groups excluding carboxylic acids is 1. The molecule has 5 heteroatoms. The summed E-state index contributed by atoms with van der Waals surface area (Å²) in [4.78, 5) is 11.8. The standard InChI is InChI=1S/C11H19N3O2/c1-5-12-9-8(4)13-14(6-2)10(9)11(15)16-7-3/h12H,5-7H2,1-4H3. The number of nitrogens with one attached hydrogen (secondary N) is 1. The van der Waals surface area contributed by atoms with Gasteiger partial charge in [-0.15, -0.1) is 0 Å². The quantitative estimate of drug-likeness (QED) is 0.777. The Bertz CT molecular complexity index is 372. The van der Waals surface area contributed by atoms with Crippen LogP contribution in [-0.2, 0) is 11.3 Å². The molecule has 90 valence electrons. The van der Waals surface area contributed by atoms with E-state index in [1.165, 1.54) is 0 Å². The van der Waals surface area contributed by atoms with E-state index in [1.54, 1.807) is 11.6 Å². The van der Waals surface area contributed by atoms with E-state index in [1.807, 2.05) is 20.8 Å². The number of rotatable bonds is 5. The van der Waals surface area contributed by atoms with E-state index in [-0.39, 0.29) is 5.97 Å². The average molecular weight is 225 g/mol. The van der Waals surface area contributed by atoms with Crippen LogP contribution < -0.4 is 5.32 Å². The molecule has 0 fully saturated rings. The van der Waals surface area contributed by atoms with Gasteiger partial charge in [0.05, 0.1) is 18.0 Å². The van der Waals surface area contributed by atoms with Crippen molar-refractivity contribution in [3.63, 3.8) is 0 Å². The molecule has 1 N–H and O–H groups in total. The molecule has 0 atom stereocenters. The Hall–Kier alpha value is -1.52. The minimum absolute atomic E-state index is 0.319. The molecule has 0 aromatic carbocycles. The number of hydrogen-bond donors (Lipinski definition) is 1. The van der Waals surface area contributed by atoms with Crippen molar-refractivity contribution in [3.8, 4) is 0 Å². The lowest BCUT2D eigenvalue weighted by Gasteiger charge is -2.07. The largest absolute Gasteiger partial charge is 0.461 e. The monoisotopic (exact) mass is 225 g/mol. The predicted octanol–water partition coefficient (Wildman–Crippen LogP) is 1.82. The molecule has 1 heterocycles. The molecule has 1 aromatic heterocycles. The molecule has 0 radical (unpaired) electrons. The molecule has 0 spiro atoms. The van der Waals surface area contributed by atoms with Crippen LogP contribution in [0.15, 0.2) is 0 Å². The van der Waals surface area contributed by atoms with Gasteiger partial charge in [-0.3, -0.25) is 4.68 Å². The van der Waals surface area contributed by atoms with Crippen LogP contribution in [-0.4, -0.2) is 28.9 Å². The number of esters is 1. The molecule has 5 nitrogen and oxygen atoms in total. The van der Waals surface area contributed by atoms with Crippen molar-refractivity contribution in [2.45, 2.75) is 34.2 Å². The van der Waals surface area contributed by atoms with Crippen LogP contribution in [0.3, 0.4) is 0 Å². The van der Waals surface area contributed by atoms with Crippen molar-refractivity contribution in [2.24, 2.45) is 0 Å². The van der Waals surface area contributed by atoms with E-state index < -0.39 is 0 Å². The van der Waals surface area contributed by atoms with Crippen molar-refractivity contribution in [1.82, 2.24) is 9.78 Å². The van der Waals surface area contributed by atoms with Crippen LogP contribution in [0, 0.1) is 6.92 Å². The molecular formula is C11H19N3O2. The first-order valence-electron chi connectivity index (χ1n) is 5.64. The molecule has 0 saturated heterocycles. The first-order chi connectivity index (χ1) is 7.65. The van der Waals surface area contributed by atoms with E-state index in [2.05, 4.69) is 10.4 Å². The summed E-state index contributed by atoms with van der Waals surface area (Å²) < 4.78 is 6.70. The SMILES string of the molecule is CCNc1c(C)nn(CC)c1C(=O)OCC. The Morgan fingerprint density at radius 1 is 1.44 bits per heavy atom. The predicted molar refractivity (Wildman–Crippen MR) is 62.8 cm³/mol. The number of anilines is 1. The number of hydrogen-bond acceptors (Lipinski definition) is 4. The van der Waals surface area contributed by atoms with Gasteiger partial charge >= 0.3 is 5.97 Å². The maximum absolute atomic E-state index is 11.8. The van der Waals surface area contributed by atoms with E-state index in [9.17, 15) is 4.79 Å². The zero-order valence-electron chi connectivity index (χ0n) is 10.3. The van der Waals surface area contributed by atoms with Crippen molar-refractivity contribution >= 4 is 11.7 Å². The van der Waals surface area contributed by atoms with Gasteiger partial charge in [0.25, 0.3) is 0 Å². The van der Waals surface area contributed by atoms with Crippen molar-refractivity contribution in [1.29, 1.82) is 0 Å². The topological polar surface area (TPSA) is 56.2 Å². The Labute approximate surface area is 95.8 Å². The average Bonchev–Trinajstić information content (AvgIpc) is 2.57. The fraction of sp³-hybridized carbons (Fsp3) is 0.636. The van der Waals surface area contributed by atoms with E-state index in [4.69, 9.17) is 4.74 Å². The van der Waals surface area contributed by atoms with Gasteiger partial charge in [-0.2, -0.15) is 5.10 Å². The molecule has 0 saturated carbocycles. The first-order valence-corrected chi connectivity index (χ1v) is 5.64. The van der Waals surface area contributed by atoms with Crippen LogP contribution in [0.5, 0.6) is 0 Å². The molecule has 0 aliphatic rings. The molecule has 0 bridgehead atoms. The number of aromatic nitrogens is 2. The van der Waals surface area contributed by atoms with Crippen molar-refractivity contribution in [2.75, 3.05) is 18.5 Å². The molecule has 0 unspecified atom stereocenters. The highest BCUT2D eigenvalue weighted by molar-refractivity contribution is 5.94. The number of ether oxygens (including phenoxy) is 1. The van der Waals surface area contributed by atoms with Gasteiger partial charge in [0.2, 0.25) is 0 Å². The lowest BCUT2D eigenvalue weighted by molar-refractivity contribution is 0.0513. The zero-order chi connectivity index (χ0) is 12.1. The molecule has 0 aliphatic heterocycles. The molecule has 16 heavy (non-hydrogen) atoms. The Kier molecular flexibility index (Phi) is 4.34. The number of carbonyl (C=O) groups is 1. The second-order valence-corrected chi connectivity index (χ2v) is 3.38. The zero-order valence-corrected chi connectivity index (χ0v) is 10.3. The van der Waals surface area contributed by atoms with Gasteiger partial charge in [0.1, 0.15) is 0 Å². The summed E-state index contributed by atoms with van der Waals surface area (Å²) >= 11 is 0. The fourth-order valence-electron chi connectivity index (χ4n) is 1.61. The summed E-state index contributed by atoms with van der Waals surface area (Å²) in [5.41, 5.74) is 2.12. The second kappa shape index (κ2) is 5.53. The van der Waals surface area contributed by atoms with Gasteiger partial charge in [0.15, 0.2) is 5.69 Å². The lowest BCUT2D eigenvalue weighted by Crippen LogP contribution is -2.14. The third-order valence-corrected chi connectivity index (χ3v) is 2.25. The third kappa shape index (κ3) is 2.35. The van der Waals surface area contributed by atoms with Gasteiger partial charge < -0.3 is 10.1 Å². The smallest absolute Gasteiger partial charge is 0.358 e. The second-order valence-electron chi connectivity index (χ2n) is 3.38. The first kappa shape index (κ1) is 12.5. The Morgan fingerprint density at radius 2 is 2.12 bits per heavy atom. The van der Waals surface area contributed by atoms with Gasteiger partial charge in [-0.1, -0.05) is 0 Å². The summed E-state index contributed by atoms with van der Waals surface area (Å²) in [5, 5.41) is 7.46. The maximum Gasteiger partial charge on any atom is 0.358 e. The van der Waals surface area contributed by atoms with Crippen LogP contribution in [0.2, 0.25) is 0 Å². The molecule has 0 amide bonds. The Morgan fingerprint density at radius 3 is 2.62 bits per heavy atom. The number of nitrogens with zero attached hydrogens (tertiary/aromatic N) is 2. The third-order valence-electron chi connectivity index (χ3n) is 2.25. The summed E-state index contributed by atoms with van der Waals surface area (Å²) in [6, 6.07) is 0. The van der Waals surface area contributed by atoms with E-state index in [0.29, 0.717) is 18.8 Å². The van der Waals surface area contributed by atoms with Gasteiger partial charge in [-0.25, -0.2) is 4.79 Å². The summed E-state index contributed by atoms with van der Waals surface area (Å²) in [7, 11) is 0.